The zero-order valence-corrected chi connectivity index (χ0v) is 25.3. The first-order valence-electron chi connectivity index (χ1n) is 12.4. The number of halogens is 36. The number of alkyl halides is 36. The molecule has 0 bridgehead atoms. The molecule has 0 heterocycles. The molecule has 0 rings (SSSR count). The van der Waals surface area contributed by atoms with Gasteiger partial charge in [-0.2, -0.15) is 158 Å². The van der Waals surface area contributed by atoms with Crippen molar-refractivity contribution in [2.24, 2.45) is 0 Å². The van der Waals surface area contributed by atoms with Crippen molar-refractivity contribution in [2.45, 2.75) is 107 Å². The van der Waals surface area contributed by atoms with E-state index in [1.165, 1.54) is 0 Å². The Bertz CT molecular complexity index is 1530. The van der Waals surface area contributed by atoms with Gasteiger partial charge in [-0.05, 0) is 0 Å². The Kier molecular flexibility index (Phi) is 12.7. The molecule has 0 aliphatic rings. The van der Waals surface area contributed by atoms with Crippen LogP contribution in [0.5, 0.6) is 0 Å². The fourth-order valence-corrected chi connectivity index (χ4v) is 3.42. The van der Waals surface area contributed by atoms with Crippen LogP contribution >= 0.6 is 0 Å². The van der Waals surface area contributed by atoms with Crippen LogP contribution < -0.4 is 0 Å². The molecule has 2 N–H and O–H groups in total. The minimum atomic E-state index is -10.5. The summed E-state index contributed by atoms with van der Waals surface area (Å²) >= 11 is 0. The number of rotatable bonds is 19. The standard InChI is InChI=1S/C20H2F36O4/c21-3(22,1(57)58)5(25,26)7(29,30)9(33,34)11(37,38)13(41,42)15(45,46)17(49,50)19(53,54)20(55,56)18(51,52)16(47,48)14(43,44)12(39,40)10(35,36)8(31,32)6(27,28)4(23,24)2(59)60/h(H,57,58)(H,59,60). The predicted octanol–water partition coefficient (Wildman–Crippen LogP) is 10.6. The fourth-order valence-electron chi connectivity index (χ4n) is 3.42. The van der Waals surface area contributed by atoms with Crippen molar-refractivity contribution >= 4 is 11.9 Å². The second-order valence-corrected chi connectivity index (χ2v) is 10.9. The van der Waals surface area contributed by atoms with Gasteiger partial charge in [-0.15, -0.1) is 0 Å². The van der Waals surface area contributed by atoms with Crippen LogP contribution in [-0.4, -0.2) is 129 Å². The van der Waals surface area contributed by atoms with Gasteiger partial charge >= 0.3 is 119 Å². The molecule has 0 aromatic heterocycles. The molecule has 40 heteroatoms. The maximum absolute atomic E-state index is 13.9. The van der Waals surface area contributed by atoms with Gasteiger partial charge in [0.25, 0.3) is 0 Å². The molecule has 0 fully saturated rings. The van der Waals surface area contributed by atoms with E-state index in [1.54, 1.807) is 0 Å². The quantitative estimate of drug-likeness (QED) is 0.127. The second-order valence-electron chi connectivity index (χ2n) is 10.9. The highest BCUT2D eigenvalue weighted by Gasteiger charge is 3.03. The van der Waals surface area contributed by atoms with Gasteiger partial charge in [0, 0.05) is 0 Å². The van der Waals surface area contributed by atoms with Gasteiger partial charge in [-0.3, -0.25) is 0 Å². The Balaban J connectivity index is 7.94. The van der Waals surface area contributed by atoms with Crippen LogP contribution in [0.25, 0.3) is 0 Å². The summed E-state index contributed by atoms with van der Waals surface area (Å²) in [6.07, 6.45) is 0. The third kappa shape index (κ3) is 5.96. The Morgan fingerprint density at radius 1 is 0.183 bits per heavy atom. The summed E-state index contributed by atoms with van der Waals surface area (Å²) in [6.45, 7) is 0. The maximum atomic E-state index is 13.9. The summed E-state index contributed by atoms with van der Waals surface area (Å²) in [5, 5.41) is 15.3. The molecule has 0 unspecified atom stereocenters. The van der Waals surface area contributed by atoms with Crippen LogP contribution in [-0.2, 0) is 9.59 Å². The van der Waals surface area contributed by atoms with Gasteiger partial charge in [0.15, 0.2) is 0 Å². The molecule has 0 aromatic rings. The summed E-state index contributed by atoms with van der Waals surface area (Å²) in [7, 11) is 0. The summed E-state index contributed by atoms with van der Waals surface area (Å²) < 4.78 is 491. The number of carboxylic acids is 2. The zero-order chi connectivity index (χ0) is 50.2. The SMILES string of the molecule is O=C(O)C(F)(F)C(F)(F)C(F)(F)C(F)(F)C(F)(F)C(F)(F)C(F)(F)C(F)(F)C(F)(F)C(F)(F)C(F)(F)C(F)(F)C(F)(F)C(F)(F)C(F)(F)C(F)(F)C(F)(F)C(F)(F)C(=O)O. The van der Waals surface area contributed by atoms with Gasteiger partial charge < -0.3 is 10.2 Å². The number of aliphatic carboxylic acids is 2. The van der Waals surface area contributed by atoms with Crippen LogP contribution in [0.4, 0.5) is 158 Å². The molecule has 0 aliphatic heterocycles. The Morgan fingerprint density at radius 2 is 0.250 bits per heavy atom. The lowest BCUT2D eigenvalue weighted by Gasteiger charge is -2.47. The van der Waals surface area contributed by atoms with Crippen molar-refractivity contribution in [1.82, 2.24) is 0 Å². The van der Waals surface area contributed by atoms with E-state index in [-0.39, 0.29) is 0 Å². The van der Waals surface area contributed by atoms with Crippen LogP contribution in [0, 0.1) is 0 Å². The number of carboxylic acid groups (broad SMARTS) is 2. The van der Waals surface area contributed by atoms with Gasteiger partial charge in [-0.25, -0.2) is 9.59 Å². The summed E-state index contributed by atoms with van der Waals surface area (Å²) in [4.78, 5) is 19.9. The molecule has 0 aliphatic carbocycles. The Morgan fingerprint density at radius 3 is 0.317 bits per heavy atom. The highest BCUT2D eigenvalue weighted by atomic mass is 19.4. The lowest BCUT2D eigenvalue weighted by Crippen LogP contribution is -2.80. The second kappa shape index (κ2) is 13.5. The van der Waals surface area contributed by atoms with Gasteiger partial charge in [0.1, 0.15) is 0 Å². The third-order valence-electron chi connectivity index (χ3n) is 7.24. The monoisotopic (exact) mass is 990 g/mol. The first-order chi connectivity index (χ1) is 25.1. The highest BCUT2D eigenvalue weighted by molar-refractivity contribution is 5.77. The highest BCUT2D eigenvalue weighted by Crippen LogP contribution is 2.70. The van der Waals surface area contributed by atoms with E-state index in [1.807, 2.05) is 0 Å². The minimum absolute atomic E-state index is 4.91. The van der Waals surface area contributed by atoms with E-state index in [0.717, 1.165) is 0 Å². The first-order valence-corrected chi connectivity index (χ1v) is 12.4. The molecule has 4 nitrogen and oxygen atoms in total. The average Bonchev–Trinajstić information content (AvgIpc) is 3.02. The minimum Gasteiger partial charge on any atom is -0.477 e. The van der Waals surface area contributed by atoms with Crippen molar-refractivity contribution in [3.05, 3.63) is 0 Å². The van der Waals surface area contributed by atoms with Crippen molar-refractivity contribution in [1.29, 1.82) is 0 Å². The number of carbonyl (C=O) groups is 2. The molecule has 0 saturated heterocycles. The molecule has 0 aromatic carbocycles. The van der Waals surface area contributed by atoms with Crippen molar-refractivity contribution in [3.63, 3.8) is 0 Å². The molecule has 0 radical (unpaired) electrons. The summed E-state index contributed by atoms with van der Waals surface area (Å²) in [5.74, 6) is -186. The predicted molar refractivity (Wildman–Crippen MR) is 104 cm³/mol. The van der Waals surface area contributed by atoms with Crippen LogP contribution in [0.3, 0.4) is 0 Å². The molecular formula is C20H2F36O4. The number of hydrogen-bond donors (Lipinski definition) is 2. The van der Waals surface area contributed by atoms with Gasteiger partial charge in [0.05, 0.1) is 0 Å². The molecule has 0 saturated carbocycles. The smallest absolute Gasteiger partial charge is 0.410 e. The number of hydrogen-bond acceptors (Lipinski definition) is 2. The van der Waals surface area contributed by atoms with Crippen LogP contribution in [0.15, 0.2) is 0 Å². The van der Waals surface area contributed by atoms with Crippen molar-refractivity contribution < 1.29 is 178 Å². The third-order valence-corrected chi connectivity index (χ3v) is 7.24. The topological polar surface area (TPSA) is 74.6 Å². The van der Waals surface area contributed by atoms with Crippen LogP contribution in [0.1, 0.15) is 0 Å². The Hall–Kier alpha value is -3.58. The van der Waals surface area contributed by atoms with E-state index in [0.29, 0.717) is 0 Å². The van der Waals surface area contributed by atoms with E-state index < -0.39 is 119 Å². The van der Waals surface area contributed by atoms with Gasteiger partial charge in [0.2, 0.25) is 0 Å². The molecule has 60 heavy (non-hydrogen) atoms. The normalized spacial score (nSPS) is 16.9. The van der Waals surface area contributed by atoms with E-state index in [4.69, 9.17) is 10.2 Å². The molecule has 0 spiro atoms. The fraction of sp³-hybridized carbons (Fsp3) is 0.900. The Labute approximate surface area is 298 Å². The average molecular weight is 990 g/mol. The summed E-state index contributed by atoms with van der Waals surface area (Å²) in [5.41, 5.74) is 0. The maximum Gasteiger partial charge on any atom is 0.410 e. The van der Waals surface area contributed by atoms with E-state index in [2.05, 4.69) is 0 Å². The molecule has 358 valence electrons. The van der Waals surface area contributed by atoms with E-state index >= 15 is 0 Å². The largest absolute Gasteiger partial charge is 0.477 e. The van der Waals surface area contributed by atoms with Gasteiger partial charge in [-0.1, -0.05) is 0 Å². The first kappa shape index (κ1) is 56.4. The lowest BCUT2D eigenvalue weighted by atomic mass is 9.82. The lowest BCUT2D eigenvalue weighted by molar-refractivity contribution is -0.491. The molecular weight excluding hydrogens is 988 g/mol. The van der Waals surface area contributed by atoms with Crippen LogP contribution in [0.2, 0.25) is 0 Å². The zero-order valence-electron chi connectivity index (χ0n) is 25.3. The van der Waals surface area contributed by atoms with Crippen molar-refractivity contribution in [3.8, 4) is 0 Å². The molecule has 0 amide bonds. The van der Waals surface area contributed by atoms with Crippen molar-refractivity contribution in [2.75, 3.05) is 0 Å². The van der Waals surface area contributed by atoms with E-state index in [9.17, 15) is 168 Å². The summed E-state index contributed by atoms with van der Waals surface area (Å²) in [6, 6.07) is 0. The molecule has 0 atom stereocenters.